The van der Waals surface area contributed by atoms with Crippen LogP contribution in [-0.4, -0.2) is 35.3 Å². The number of amides is 4. The minimum absolute atomic E-state index is 0.00720. The first-order valence-corrected chi connectivity index (χ1v) is 9.05. The van der Waals surface area contributed by atoms with Crippen molar-refractivity contribution < 1.29 is 24.3 Å². The third-order valence-corrected chi connectivity index (χ3v) is 5.34. The van der Waals surface area contributed by atoms with E-state index in [0.717, 1.165) is 10.5 Å². The number of benzene rings is 3. The van der Waals surface area contributed by atoms with Gasteiger partial charge in [0.25, 0.3) is 23.6 Å². The zero-order valence-electron chi connectivity index (χ0n) is 15.1. The largest absolute Gasteiger partial charge is 0.396 e. The molecule has 3 aromatic rings. The normalized spacial score (nSPS) is 15.1. The van der Waals surface area contributed by atoms with E-state index in [9.17, 15) is 19.2 Å². The molecule has 0 atom stereocenters. The van der Waals surface area contributed by atoms with Gasteiger partial charge in [-0.1, -0.05) is 12.1 Å². The van der Waals surface area contributed by atoms with Gasteiger partial charge >= 0.3 is 0 Å². The summed E-state index contributed by atoms with van der Waals surface area (Å²) in [7, 11) is 0. The Morgan fingerprint density at radius 1 is 0.690 bits per heavy atom. The number of imide groups is 2. The summed E-state index contributed by atoms with van der Waals surface area (Å²) < 4.78 is 0. The molecule has 0 aromatic heterocycles. The van der Waals surface area contributed by atoms with Crippen molar-refractivity contribution in [2.75, 3.05) is 11.5 Å². The summed E-state index contributed by atoms with van der Waals surface area (Å²) in [6.07, 6.45) is 0.478. The van der Waals surface area contributed by atoms with Gasteiger partial charge in [-0.25, -0.2) is 4.90 Å². The second-order valence-electron chi connectivity index (χ2n) is 6.94. The van der Waals surface area contributed by atoms with Crippen molar-refractivity contribution in [2.45, 2.75) is 6.42 Å². The van der Waals surface area contributed by atoms with Crippen molar-refractivity contribution in [1.82, 2.24) is 5.32 Å². The molecule has 0 unspecified atom stereocenters. The first-order chi connectivity index (χ1) is 14.0. The number of hydrogen-bond donors (Lipinski definition) is 2. The molecule has 0 saturated heterocycles. The van der Waals surface area contributed by atoms with Crippen molar-refractivity contribution in [1.29, 1.82) is 0 Å². The molecule has 4 amide bonds. The average molecular weight is 386 g/mol. The topological polar surface area (TPSA) is 104 Å². The monoisotopic (exact) mass is 386 g/mol. The van der Waals surface area contributed by atoms with E-state index < -0.39 is 23.6 Å². The lowest BCUT2D eigenvalue weighted by molar-refractivity contribution is 0.0837. The molecular weight excluding hydrogens is 372 g/mol. The van der Waals surface area contributed by atoms with E-state index in [1.807, 2.05) is 0 Å². The highest BCUT2D eigenvalue weighted by atomic mass is 16.3. The molecule has 2 aliphatic rings. The lowest BCUT2D eigenvalue weighted by Crippen LogP contribution is -2.42. The van der Waals surface area contributed by atoms with E-state index in [1.54, 1.807) is 24.3 Å². The Morgan fingerprint density at radius 2 is 1.17 bits per heavy atom. The van der Waals surface area contributed by atoms with Gasteiger partial charge in [-0.15, -0.1) is 0 Å². The fourth-order valence-electron chi connectivity index (χ4n) is 3.98. The summed E-state index contributed by atoms with van der Waals surface area (Å²) in [6, 6.07) is 12.9. The maximum absolute atomic E-state index is 13.2. The lowest BCUT2D eigenvalue weighted by Gasteiger charge is -2.29. The highest BCUT2D eigenvalue weighted by molar-refractivity contribution is 6.39. The minimum atomic E-state index is -0.548. The molecule has 2 heterocycles. The predicted octanol–water partition coefficient (Wildman–Crippen LogP) is 2.06. The number of nitrogens with zero attached hydrogens (tertiary/aromatic N) is 1. The van der Waals surface area contributed by atoms with E-state index in [0.29, 0.717) is 22.9 Å². The van der Waals surface area contributed by atoms with Crippen molar-refractivity contribution in [3.63, 3.8) is 0 Å². The van der Waals surface area contributed by atoms with Gasteiger partial charge in [-0.2, -0.15) is 0 Å². The number of aliphatic hydroxyl groups excluding tert-OH is 1. The summed E-state index contributed by atoms with van der Waals surface area (Å²) in [6.45, 7) is 0.00720. The molecule has 2 N–H and O–H groups in total. The van der Waals surface area contributed by atoms with Crippen LogP contribution in [0.3, 0.4) is 0 Å². The Morgan fingerprint density at radius 3 is 1.69 bits per heavy atom. The number of aliphatic hydroxyl groups is 1. The Kier molecular flexibility index (Phi) is 3.62. The van der Waals surface area contributed by atoms with Crippen LogP contribution in [0.2, 0.25) is 0 Å². The molecule has 3 aromatic carbocycles. The molecule has 7 heteroatoms. The van der Waals surface area contributed by atoms with E-state index in [1.165, 1.54) is 24.3 Å². The number of anilines is 1. The molecule has 0 saturated carbocycles. The summed E-state index contributed by atoms with van der Waals surface area (Å²) in [5.74, 6) is -2.12. The van der Waals surface area contributed by atoms with Crippen LogP contribution in [0.15, 0.2) is 48.5 Å². The third-order valence-electron chi connectivity index (χ3n) is 5.34. The summed E-state index contributed by atoms with van der Waals surface area (Å²) in [4.78, 5) is 51.9. The van der Waals surface area contributed by atoms with E-state index >= 15 is 0 Å². The first-order valence-electron chi connectivity index (χ1n) is 9.05. The summed E-state index contributed by atoms with van der Waals surface area (Å²) in [5.41, 5.74) is 2.36. The Hall–Kier alpha value is -3.84. The van der Waals surface area contributed by atoms with Gasteiger partial charge in [0.2, 0.25) is 0 Å². The first kappa shape index (κ1) is 17.3. The number of nitrogens with one attached hydrogen (secondary N) is 1. The van der Waals surface area contributed by atoms with Gasteiger partial charge in [0, 0.05) is 39.6 Å². The van der Waals surface area contributed by atoms with Crippen LogP contribution in [0.5, 0.6) is 0 Å². The fourth-order valence-corrected chi connectivity index (χ4v) is 3.98. The molecule has 7 nitrogen and oxygen atoms in total. The van der Waals surface area contributed by atoms with E-state index in [4.69, 9.17) is 5.11 Å². The standard InChI is InChI=1S/C22H14N2O5/c25-10-9-11-1-3-12(4-2-11)24-21(28)15-7-5-13-17-14(20(27)23-19(13)26)6-8-16(18(15)17)22(24)29/h1-8,25H,9-10H2,(H,23,26,27). The van der Waals surface area contributed by atoms with Crippen LogP contribution in [0.1, 0.15) is 47.0 Å². The quantitative estimate of drug-likeness (QED) is 0.671. The van der Waals surface area contributed by atoms with Crippen LogP contribution in [0.4, 0.5) is 5.69 Å². The zero-order valence-corrected chi connectivity index (χ0v) is 15.1. The minimum Gasteiger partial charge on any atom is -0.396 e. The van der Waals surface area contributed by atoms with Crippen LogP contribution < -0.4 is 10.2 Å². The smallest absolute Gasteiger partial charge is 0.265 e. The van der Waals surface area contributed by atoms with Gasteiger partial charge in [0.15, 0.2) is 0 Å². The van der Waals surface area contributed by atoms with Crippen LogP contribution in [0, 0.1) is 0 Å². The molecule has 0 spiro atoms. The lowest BCUT2D eigenvalue weighted by atomic mass is 9.86. The van der Waals surface area contributed by atoms with Crippen molar-refractivity contribution in [3.8, 4) is 0 Å². The zero-order chi connectivity index (χ0) is 20.3. The second-order valence-corrected chi connectivity index (χ2v) is 6.94. The number of rotatable bonds is 3. The fraction of sp³-hybridized carbons (Fsp3) is 0.0909. The Balaban J connectivity index is 1.71. The Labute approximate surface area is 164 Å². The highest BCUT2D eigenvalue weighted by Gasteiger charge is 2.37. The maximum Gasteiger partial charge on any atom is 0.265 e. The Bertz CT molecular complexity index is 1190. The van der Waals surface area contributed by atoms with Gasteiger partial charge in [-0.05, 0) is 48.4 Å². The SMILES string of the molecule is O=C1NC(=O)c2ccc3c4c(ccc1c24)C(=O)N(c1ccc(CCO)cc1)C3=O. The molecule has 0 fully saturated rings. The average Bonchev–Trinajstić information content (AvgIpc) is 2.72. The predicted molar refractivity (Wildman–Crippen MR) is 104 cm³/mol. The summed E-state index contributed by atoms with van der Waals surface area (Å²) in [5, 5.41) is 12.0. The molecule has 29 heavy (non-hydrogen) atoms. The molecule has 0 radical (unpaired) electrons. The van der Waals surface area contributed by atoms with Crippen molar-refractivity contribution in [3.05, 3.63) is 76.3 Å². The van der Waals surface area contributed by atoms with E-state index in [-0.39, 0.29) is 28.9 Å². The number of carbonyl (C=O) groups excluding carboxylic acids is 4. The second kappa shape index (κ2) is 6.08. The van der Waals surface area contributed by atoms with Crippen LogP contribution in [0.25, 0.3) is 10.8 Å². The molecule has 2 aliphatic heterocycles. The third kappa shape index (κ3) is 2.34. The van der Waals surface area contributed by atoms with E-state index in [2.05, 4.69) is 5.32 Å². The van der Waals surface area contributed by atoms with Gasteiger partial charge in [0.1, 0.15) is 0 Å². The number of carbonyl (C=O) groups is 4. The highest BCUT2D eigenvalue weighted by Crippen LogP contribution is 2.37. The van der Waals surface area contributed by atoms with Crippen LogP contribution in [-0.2, 0) is 6.42 Å². The van der Waals surface area contributed by atoms with Crippen molar-refractivity contribution >= 4 is 40.1 Å². The molecular formula is C22H14N2O5. The van der Waals surface area contributed by atoms with Crippen molar-refractivity contribution in [2.24, 2.45) is 0 Å². The summed E-state index contributed by atoms with van der Waals surface area (Å²) >= 11 is 0. The van der Waals surface area contributed by atoms with Gasteiger partial charge in [-0.3, -0.25) is 24.5 Å². The van der Waals surface area contributed by atoms with Gasteiger partial charge < -0.3 is 5.11 Å². The maximum atomic E-state index is 13.2. The number of hydrogen-bond acceptors (Lipinski definition) is 5. The van der Waals surface area contributed by atoms with Gasteiger partial charge in [0.05, 0.1) is 5.69 Å². The molecule has 5 rings (SSSR count). The molecule has 0 aliphatic carbocycles. The molecule has 0 bridgehead atoms. The molecule has 142 valence electrons. The van der Waals surface area contributed by atoms with Crippen LogP contribution >= 0.6 is 0 Å².